The van der Waals surface area contributed by atoms with E-state index in [2.05, 4.69) is 11.4 Å². The second-order valence-electron chi connectivity index (χ2n) is 4.11. The minimum Gasteiger partial charge on any atom is -0.348 e. The zero-order valence-electron chi connectivity index (χ0n) is 10.0. The maximum absolute atomic E-state index is 11.9. The summed E-state index contributed by atoms with van der Waals surface area (Å²) < 4.78 is 0. The van der Waals surface area contributed by atoms with E-state index in [1.807, 2.05) is 32.9 Å². The van der Waals surface area contributed by atoms with Gasteiger partial charge in [-0.1, -0.05) is 24.1 Å². The van der Waals surface area contributed by atoms with Gasteiger partial charge in [0.1, 0.15) is 0 Å². The number of alkyl halides is 1. The van der Waals surface area contributed by atoms with Crippen molar-refractivity contribution in [1.82, 2.24) is 5.32 Å². The topological polar surface area (TPSA) is 29.1 Å². The van der Waals surface area contributed by atoms with Crippen LogP contribution >= 0.6 is 11.6 Å². The van der Waals surface area contributed by atoms with Crippen LogP contribution in [-0.4, -0.2) is 17.8 Å². The van der Waals surface area contributed by atoms with Crippen LogP contribution in [-0.2, 0) is 0 Å². The predicted octanol–water partition coefficient (Wildman–Crippen LogP) is 3.05. The summed E-state index contributed by atoms with van der Waals surface area (Å²) in [5.74, 6) is 0.409. The van der Waals surface area contributed by atoms with E-state index < -0.39 is 0 Å². The summed E-state index contributed by atoms with van der Waals surface area (Å²) in [5, 5.41) is 2.92. The van der Waals surface area contributed by atoms with E-state index in [4.69, 9.17) is 11.6 Å². The van der Waals surface area contributed by atoms with Crippen molar-refractivity contribution < 1.29 is 4.79 Å². The third-order valence-corrected chi connectivity index (χ3v) is 2.87. The Bertz CT molecular complexity index is 352. The molecule has 0 fully saturated rings. The maximum Gasteiger partial charge on any atom is 0.251 e. The monoisotopic (exact) mass is 239 g/mol. The first-order chi connectivity index (χ1) is 7.56. The van der Waals surface area contributed by atoms with Crippen molar-refractivity contribution in [3.05, 3.63) is 34.9 Å². The van der Waals surface area contributed by atoms with Crippen molar-refractivity contribution >= 4 is 17.5 Å². The highest BCUT2D eigenvalue weighted by Gasteiger charge is 2.11. The molecule has 1 rings (SSSR count). The Labute approximate surface area is 102 Å². The van der Waals surface area contributed by atoms with Crippen LogP contribution < -0.4 is 5.32 Å². The average Bonchev–Trinajstić information content (AvgIpc) is 2.24. The molecule has 0 spiro atoms. The minimum atomic E-state index is -0.0423. The number of amides is 1. The van der Waals surface area contributed by atoms with Crippen LogP contribution in [0.1, 0.15) is 34.8 Å². The van der Waals surface area contributed by atoms with Crippen LogP contribution in [0.2, 0.25) is 0 Å². The molecule has 1 aromatic carbocycles. The number of hydrogen-bond donors (Lipinski definition) is 1. The maximum atomic E-state index is 11.9. The van der Waals surface area contributed by atoms with Gasteiger partial charge >= 0.3 is 0 Å². The lowest BCUT2D eigenvalue weighted by molar-refractivity contribution is 0.0939. The predicted molar refractivity (Wildman–Crippen MR) is 68.2 cm³/mol. The molecule has 1 atom stereocenters. The molecule has 1 aromatic rings. The molecule has 1 amide bonds. The average molecular weight is 240 g/mol. The Balaban J connectivity index is 2.80. The number of rotatable bonds is 4. The van der Waals surface area contributed by atoms with Crippen LogP contribution in [0.5, 0.6) is 0 Å². The van der Waals surface area contributed by atoms with E-state index in [-0.39, 0.29) is 11.9 Å². The van der Waals surface area contributed by atoms with Gasteiger partial charge in [0, 0.05) is 17.5 Å². The molecule has 0 aliphatic heterocycles. The number of halogens is 1. The molecule has 1 N–H and O–H groups in total. The van der Waals surface area contributed by atoms with Gasteiger partial charge in [0.05, 0.1) is 0 Å². The first kappa shape index (κ1) is 13.0. The van der Waals surface area contributed by atoms with E-state index in [1.54, 1.807) is 0 Å². The summed E-state index contributed by atoms with van der Waals surface area (Å²) in [7, 11) is 0. The lowest BCUT2D eigenvalue weighted by atomic mass is 10.1. The molecule has 0 aliphatic rings. The largest absolute Gasteiger partial charge is 0.348 e. The fourth-order valence-electron chi connectivity index (χ4n) is 1.62. The van der Waals surface area contributed by atoms with E-state index >= 15 is 0 Å². The van der Waals surface area contributed by atoms with Gasteiger partial charge in [-0.25, -0.2) is 0 Å². The van der Waals surface area contributed by atoms with Crippen LogP contribution in [0.25, 0.3) is 0 Å². The first-order valence-electron chi connectivity index (χ1n) is 5.52. The molecule has 3 heteroatoms. The molecule has 1 unspecified atom stereocenters. The van der Waals surface area contributed by atoms with Gasteiger partial charge in [-0.3, -0.25) is 4.79 Å². The van der Waals surface area contributed by atoms with Gasteiger partial charge in [0.2, 0.25) is 0 Å². The molecule has 0 bridgehead atoms. The summed E-state index contributed by atoms with van der Waals surface area (Å²) in [4.78, 5) is 11.9. The summed E-state index contributed by atoms with van der Waals surface area (Å²) >= 11 is 5.75. The highest BCUT2D eigenvalue weighted by atomic mass is 35.5. The molecule has 0 aromatic heterocycles. The quantitative estimate of drug-likeness (QED) is 0.804. The van der Waals surface area contributed by atoms with Crippen LogP contribution in [0.3, 0.4) is 0 Å². The number of benzene rings is 1. The van der Waals surface area contributed by atoms with E-state index in [0.29, 0.717) is 11.4 Å². The summed E-state index contributed by atoms with van der Waals surface area (Å²) in [5.41, 5.74) is 2.91. The van der Waals surface area contributed by atoms with E-state index in [9.17, 15) is 4.79 Å². The van der Waals surface area contributed by atoms with E-state index in [1.165, 1.54) is 0 Å². The van der Waals surface area contributed by atoms with Gasteiger partial charge in [0.15, 0.2) is 0 Å². The fourth-order valence-corrected chi connectivity index (χ4v) is 1.92. The molecule has 0 radical (unpaired) electrons. The molecule has 16 heavy (non-hydrogen) atoms. The zero-order valence-corrected chi connectivity index (χ0v) is 10.8. The minimum absolute atomic E-state index is 0.0423. The van der Waals surface area contributed by atoms with Crippen molar-refractivity contribution in [2.75, 3.05) is 5.88 Å². The Kier molecular flexibility index (Phi) is 4.81. The normalized spacial score (nSPS) is 12.2. The highest BCUT2D eigenvalue weighted by Crippen LogP contribution is 2.09. The lowest BCUT2D eigenvalue weighted by Gasteiger charge is -2.14. The van der Waals surface area contributed by atoms with E-state index in [0.717, 1.165) is 17.5 Å². The molecular formula is C13H18ClNO. The molecule has 0 saturated carbocycles. The molecule has 2 nitrogen and oxygen atoms in total. The Morgan fingerprint density at radius 3 is 2.31 bits per heavy atom. The summed E-state index contributed by atoms with van der Waals surface area (Å²) in [6.45, 7) is 5.99. The smallest absolute Gasteiger partial charge is 0.251 e. The van der Waals surface area contributed by atoms with Gasteiger partial charge < -0.3 is 5.32 Å². The van der Waals surface area contributed by atoms with Crippen LogP contribution in [0.15, 0.2) is 18.2 Å². The second-order valence-corrected chi connectivity index (χ2v) is 4.42. The third kappa shape index (κ3) is 3.53. The number of nitrogens with one attached hydrogen (secondary N) is 1. The van der Waals surface area contributed by atoms with Gasteiger partial charge in [0.25, 0.3) is 5.91 Å². The van der Waals surface area contributed by atoms with Gasteiger partial charge in [-0.05, 0) is 32.4 Å². The lowest BCUT2D eigenvalue weighted by Crippen LogP contribution is -2.35. The third-order valence-electron chi connectivity index (χ3n) is 2.50. The number of aryl methyl sites for hydroxylation is 2. The van der Waals surface area contributed by atoms with Gasteiger partial charge in [-0.15, -0.1) is 11.6 Å². The summed E-state index contributed by atoms with van der Waals surface area (Å²) in [6.07, 6.45) is 0.847. The second kappa shape index (κ2) is 5.90. The van der Waals surface area contributed by atoms with Crippen molar-refractivity contribution in [1.29, 1.82) is 0 Å². The van der Waals surface area contributed by atoms with Crippen LogP contribution in [0.4, 0.5) is 0 Å². The number of carbonyl (C=O) groups is 1. The van der Waals surface area contributed by atoms with Gasteiger partial charge in [-0.2, -0.15) is 0 Å². The molecule has 0 saturated heterocycles. The first-order valence-corrected chi connectivity index (χ1v) is 6.05. The Morgan fingerprint density at radius 1 is 1.31 bits per heavy atom. The molecule has 0 heterocycles. The highest BCUT2D eigenvalue weighted by molar-refractivity contribution is 6.18. The number of carbonyl (C=O) groups excluding carboxylic acids is 1. The molecule has 88 valence electrons. The fraction of sp³-hybridized carbons (Fsp3) is 0.462. The van der Waals surface area contributed by atoms with Crippen molar-refractivity contribution in [2.45, 2.75) is 33.2 Å². The molecule has 0 aliphatic carbocycles. The SMILES string of the molecule is CCC(CCl)NC(=O)c1cc(C)cc(C)c1. The van der Waals surface area contributed by atoms with Crippen molar-refractivity contribution in [2.24, 2.45) is 0 Å². The Hall–Kier alpha value is -1.02. The van der Waals surface area contributed by atoms with Crippen molar-refractivity contribution in [3.8, 4) is 0 Å². The zero-order chi connectivity index (χ0) is 12.1. The number of hydrogen-bond acceptors (Lipinski definition) is 1. The Morgan fingerprint density at radius 2 is 1.88 bits per heavy atom. The standard InChI is InChI=1S/C13H18ClNO/c1-4-12(8-14)15-13(16)11-6-9(2)5-10(3)7-11/h5-7,12H,4,8H2,1-3H3,(H,15,16). The molecular weight excluding hydrogens is 222 g/mol. The van der Waals surface area contributed by atoms with Crippen LogP contribution in [0, 0.1) is 13.8 Å². The van der Waals surface area contributed by atoms with Crippen molar-refractivity contribution in [3.63, 3.8) is 0 Å². The summed E-state index contributed by atoms with van der Waals surface area (Å²) in [6, 6.07) is 5.89.